The van der Waals surface area contributed by atoms with Crippen LogP contribution in [0.15, 0.2) is 30.3 Å². The van der Waals surface area contributed by atoms with Crippen LogP contribution >= 0.6 is 0 Å². The molecule has 1 fully saturated rings. The van der Waals surface area contributed by atoms with Crippen molar-refractivity contribution in [3.05, 3.63) is 35.9 Å². The first kappa shape index (κ1) is 12.5. The standard InChI is InChI=1S/C12H16BF3N/c14-13(15,16)8-12-6-7-17(10-12)9-11-4-2-1-3-5-11/h1-5,12H,6-10H2/q-1. The van der Waals surface area contributed by atoms with Crippen LogP contribution in [0.3, 0.4) is 0 Å². The summed E-state index contributed by atoms with van der Waals surface area (Å²) < 4.78 is 36.9. The molecule has 1 aromatic rings. The van der Waals surface area contributed by atoms with Crippen LogP contribution in [0.25, 0.3) is 0 Å². The van der Waals surface area contributed by atoms with E-state index in [0.29, 0.717) is 13.0 Å². The number of likely N-dealkylation sites (tertiary alicyclic amines) is 1. The largest absolute Gasteiger partial charge is 0.478 e. The van der Waals surface area contributed by atoms with Gasteiger partial charge in [0, 0.05) is 6.54 Å². The third kappa shape index (κ3) is 4.08. The maximum absolute atomic E-state index is 12.3. The predicted molar refractivity (Wildman–Crippen MR) is 63.7 cm³/mol. The summed E-state index contributed by atoms with van der Waals surface area (Å²) >= 11 is 0. The Morgan fingerprint density at radius 3 is 2.53 bits per heavy atom. The van der Waals surface area contributed by atoms with Gasteiger partial charge in [-0.25, -0.2) is 0 Å². The second kappa shape index (κ2) is 5.13. The van der Waals surface area contributed by atoms with Crippen molar-refractivity contribution in [2.24, 2.45) is 5.92 Å². The number of hydrogen-bond donors (Lipinski definition) is 0. The Hall–Kier alpha value is -0.965. The van der Waals surface area contributed by atoms with Crippen LogP contribution in [0.5, 0.6) is 0 Å². The first-order valence-electron chi connectivity index (χ1n) is 6.00. The van der Waals surface area contributed by atoms with Gasteiger partial charge < -0.3 is 12.9 Å². The van der Waals surface area contributed by atoms with Gasteiger partial charge in [-0.3, -0.25) is 4.90 Å². The van der Waals surface area contributed by atoms with Crippen molar-refractivity contribution in [2.75, 3.05) is 13.1 Å². The Morgan fingerprint density at radius 1 is 1.18 bits per heavy atom. The molecule has 5 heteroatoms. The van der Waals surface area contributed by atoms with Gasteiger partial charge in [0.25, 0.3) is 0 Å². The third-order valence-corrected chi connectivity index (χ3v) is 3.22. The fourth-order valence-electron chi connectivity index (χ4n) is 2.47. The highest BCUT2D eigenvalue weighted by molar-refractivity contribution is 6.58. The molecule has 0 bridgehead atoms. The van der Waals surface area contributed by atoms with Gasteiger partial charge in [-0.2, -0.15) is 0 Å². The van der Waals surface area contributed by atoms with Crippen LogP contribution in [-0.2, 0) is 6.54 Å². The van der Waals surface area contributed by atoms with E-state index in [1.54, 1.807) is 0 Å². The molecule has 1 saturated heterocycles. The fourth-order valence-corrected chi connectivity index (χ4v) is 2.47. The van der Waals surface area contributed by atoms with Gasteiger partial charge in [-0.05, 0) is 25.1 Å². The van der Waals surface area contributed by atoms with E-state index in [9.17, 15) is 12.9 Å². The van der Waals surface area contributed by atoms with E-state index >= 15 is 0 Å². The first-order chi connectivity index (χ1) is 8.03. The summed E-state index contributed by atoms with van der Waals surface area (Å²) in [4.78, 5) is 2.11. The molecular formula is C12H16BF3N-. The van der Waals surface area contributed by atoms with Gasteiger partial charge in [-0.15, -0.1) is 0 Å². The van der Waals surface area contributed by atoms with Crippen molar-refractivity contribution in [2.45, 2.75) is 19.3 Å². The van der Waals surface area contributed by atoms with Crippen LogP contribution in [0.4, 0.5) is 12.9 Å². The smallest absolute Gasteiger partial charge is 0.449 e. The second-order valence-corrected chi connectivity index (χ2v) is 4.82. The topological polar surface area (TPSA) is 3.24 Å². The van der Waals surface area contributed by atoms with Gasteiger partial charge in [-0.1, -0.05) is 42.6 Å². The quantitative estimate of drug-likeness (QED) is 0.731. The lowest BCUT2D eigenvalue weighted by atomic mass is 9.78. The lowest BCUT2D eigenvalue weighted by Crippen LogP contribution is -2.24. The maximum atomic E-state index is 12.3. The Labute approximate surface area is 99.7 Å². The van der Waals surface area contributed by atoms with Crippen molar-refractivity contribution in [1.82, 2.24) is 4.90 Å². The molecule has 1 atom stereocenters. The van der Waals surface area contributed by atoms with Crippen molar-refractivity contribution >= 4 is 6.98 Å². The molecule has 0 spiro atoms. The van der Waals surface area contributed by atoms with Crippen molar-refractivity contribution < 1.29 is 12.9 Å². The predicted octanol–water partition coefficient (Wildman–Crippen LogP) is 3.36. The molecule has 1 nitrogen and oxygen atoms in total. The van der Waals surface area contributed by atoms with Gasteiger partial charge in [0.05, 0.1) is 0 Å². The van der Waals surface area contributed by atoms with Crippen LogP contribution in [-0.4, -0.2) is 25.0 Å². The molecule has 1 aliphatic heterocycles. The van der Waals surface area contributed by atoms with Gasteiger partial charge in [0.2, 0.25) is 0 Å². The second-order valence-electron chi connectivity index (χ2n) is 4.82. The summed E-state index contributed by atoms with van der Waals surface area (Å²) in [5, 5.41) is 0. The highest BCUT2D eigenvalue weighted by Gasteiger charge is 2.31. The Bertz CT molecular complexity index is 353. The molecule has 2 rings (SSSR count). The van der Waals surface area contributed by atoms with E-state index < -0.39 is 13.3 Å². The fraction of sp³-hybridized carbons (Fsp3) is 0.500. The summed E-state index contributed by atoms with van der Waals surface area (Å²) in [6.07, 6.45) is 0.0966. The van der Waals surface area contributed by atoms with Gasteiger partial charge in [0.1, 0.15) is 0 Å². The van der Waals surface area contributed by atoms with E-state index in [1.807, 2.05) is 30.3 Å². The molecule has 1 heterocycles. The van der Waals surface area contributed by atoms with E-state index in [-0.39, 0.29) is 5.92 Å². The number of nitrogens with zero attached hydrogens (tertiary/aromatic N) is 1. The van der Waals surface area contributed by atoms with Crippen LogP contribution in [0, 0.1) is 5.92 Å². The summed E-state index contributed by atoms with van der Waals surface area (Å²) in [5.74, 6) is -0.196. The van der Waals surface area contributed by atoms with Crippen LogP contribution in [0.1, 0.15) is 12.0 Å². The lowest BCUT2D eigenvalue weighted by Gasteiger charge is -2.20. The normalized spacial score (nSPS) is 21.9. The molecular weight excluding hydrogens is 226 g/mol. The van der Waals surface area contributed by atoms with E-state index in [1.165, 1.54) is 5.56 Å². The molecule has 94 valence electrons. The molecule has 1 aromatic carbocycles. The van der Waals surface area contributed by atoms with Crippen LogP contribution < -0.4 is 0 Å². The molecule has 1 unspecified atom stereocenters. The first-order valence-corrected chi connectivity index (χ1v) is 6.00. The van der Waals surface area contributed by atoms with Crippen LogP contribution in [0.2, 0.25) is 6.32 Å². The Balaban J connectivity index is 1.82. The zero-order valence-corrected chi connectivity index (χ0v) is 9.66. The van der Waals surface area contributed by atoms with E-state index in [2.05, 4.69) is 4.90 Å². The molecule has 0 amide bonds. The Kier molecular flexibility index (Phi) is 3.77. The van der Waals surface area contributed by atoms with E-state index in [4.69, 9.17) is 0 Å². The monoisotopic (exact) mass is 242 g/mol. The third-order valence-electron chi connectivity index (χ3n) is 3.22. The zero-order chi connectivity index (χ0) is 12.3. The molecule has 0 aliphatic carbocycles. The SMILES string of the molecule is F[B-](F)(F)CC1CCN(Cc2ccccc2)C1. The molecule has 0 radical (unpaired) electrons. The van der Waals surface area contributed by atoms with Crippen molar-refractivity contribution in [3.8, 4) is 0 Å². The number of halogens is 3. The minimum Gasteiger partial charge on any atom is -0.449 e. The molecule has 0 N–H and O–H groups in total. The van der Waals surface area contributed by atoms with Gasteiger partial charge >= 0.3 is 6.98 Å². The summed E-state index contributed by atoms with van der Waals surface area (Å²) in [6, 6.07) is 9.90. The molecule has 17 heavy (non-hydrogen) atoms. The minimum atomic E-state index is -4.63. The average Bonchev–Trinajstić information content (AvgIpc) is 2.64. The maximum Gasteiger partial charge on any atom is 0.478 e. The summed E-state index contributed by atoms with van der Waals surface area (Å²) in [5.41, 5.74) is 1.17. The van der Waals surface area contributed by atoms with E-state index in [0.717, 1.165) is 13.1 Å². The minimum absolute atomic E-state index is 0.196. The number of benzene rings is 1. The average molecular weight is 242 g/mol. The van der Waals surface area contributed by atoms with Crippen molar-refractivity contribution in [3.63, 3.8) is 0 Å². The zero-order valence-electron chi connectivity index (χ0n) is 9.66. The van der Waals surface area contributed by atoms with Crippen molar-refractivity contribution in [1.29, 1.82) is 0 Å². The highest BCUT2D eigenvalue weighted by Crippen LogP contribution is 2.28. The molecule has 1 aliphatic rings. The molecule has 0 aromatic heterocycles. The highest BCUT2D eigenvalue weighted by atomic mass is 19.4. The Morgan fingerprint density at radius 2 is 1.88 bits per heavy atom. The number of hydrogen-bond acceptors (Lipinski definition) is 1. The molecule has 0 saturated carbocycles. The summed E-state index contributed by atoms with van der Waals surface area (Å²) in [7, 11) is 0. The summed E-state index contributed by atoms with van der Waals surface area (Å²) in [6.45, 7) is -2.50. The number of rotatable bonds is 4. The van der Waals surface area contributed by atoms with Gasteiger partial charge in [0.15, 0.2) is 0 Å². The lowest BCUT2D eigenvalue weighted by molar-refractivity contribution is 0.316.